The zero-order valence-corrected chi connectivity index (χ0v) is 9.88. The van der Waals surface area contributed by atoms with Crippen molar-refractivity contribution in [2.75, 3.05) is 0 Å². The average molecular weight is 247 g/mol. The second kappa shape index (κ2) is 5.76. The van der Waals surface area contributed by atoms with Gasteiger partial charge in [0, 0.05) is 9.35 Å². The summed E-state index contributed by atoms with van der Waals surface area (Å²) in [5, 5.41) is 2.15. The van der Waals surface area contributed by atoms with Gasteiger partial charge in [0.1, 0.15) is 0 Å². The molecule has 12 heavy (non-hydrogen) atoms. The van der Waals surface area contributed by atoms with Crippen LogP contribution in [0.5, 0.6) is 0 Å². The van der Waals surface area contributed by atoms with Crippen molar-refractivity contribution in [3.05, 3.63) is 20.8 Å². The van der Waals surface area contributed by atoms with Crippen molar-refractivity contribution in [1.29, 1.82) is 0 Å². The van der Waals surface area contributed by atoms with Gasteiger partial charge >= 0.3 is 0 Å². The Morgan fingerprint density at radius 1 is 1.33 bits per heavy atom. The molecule has 0 unspecified atom stereocenters. The minimum atomic E-state index is 1.25. The highest BCUT2D eigenvalue weighted by Gasteiger charge is 1.99. The first-order valence-corrected chi connectivity index (χ1v) is 6.23. The van der Waals surface area contributed by atoms with E-state index in [0.717, 1.165) is 0 Å². The molecule has 0 aromatic carbocycles. The van der Waals surface area contributed by atoms with E-state index in [2.05, 4.69) is 34.3 Å². The van der Waals surface area contributed by atoms with E-state index in [0.29, 0.717) is 0 Å². The third-order valence-electron chi connectivity index (χ3n) is 1.95. The Morgan fingerprint density at radius 2 is 2.17 bits per heavy atom. The van der Waals surface area contributed by atoms with E-state index in [1.807, 2.05) is 11.3 Å². The molecule has 0 nitrogen and oxygen atoms in total. The molecule has 68 valence electrons. The molecule has 0 aliphatic rings. The van der Waals surface area contributed by atoms with E-state index < -0.39 is 0 Å². The van der Waals surface area contributed by atoms with E-state index in [1.165, 1.54) is 41.5 Å². The highest BCUT2D eigenvalue weighted by atomic mass is 79.9. The Labute approximate surface area is 87.1 Å². The number of halogens is 1. The van der Waals surface area contributed by atoms with Gasteiger partial charge in [0.2, 0.25) is 0 Å². The molecular formula is C10H15BrS. The van der Waals surface area contributed by atoms with Gasteiger partial charge in [-0.25, -0.2) is 0 Å². The summed E-state index contributed by atoms with van der Waals surface area (Å²) in [6, 6.07) is 2.14. The Bertz CT molecular complexity index is 217. The molecule has 1 aromatic rings. The molecule has 1 rings (SSSR count). The largest absolute Gasteiger partial charge is 0.148 e. The van der Waals surface area contributed by atoms with Crippen LogP contribution >= 0.6 is 27.3 Å². The first kappa shape index (κ1) is 10.3. The van der Waals surface area contributed by atoms with Crippen molar-refractivity contribution < 1.29 is 0 Å². The van der Waals surface area contributed by atoms with Crippen LogP contribution in [0.1, 0.15) is 37.5 Å². The lowest BCUT2D eigenvalue weighted by Crippen LogP contribution is -1.81. The molecule has 0 amide bonds. The standard InChI is InChI=1S/C10H15BrS/c1-2-3-4-5-6-10-9(11)7-8-12-10/h7-8H,2-6H2,1H3. The van der Waals surface area contributed by atoms with Crippen LogP contribution in [0.25, 0.3) is 0 Å². The summed E-state index contributed by atoms with van der Waals surface area (Å²) in [5.41, 5.74) is 0. The quantitative estimate of drug-likeness (QED) is 0.665. The predicted octanol–water partition coefficient (Wildman–Crippen LogP) is 4.63. The lowest BCUT2D eigenvalue weighted by molar-refractivity contribution is 0.669. The van der Waals surface area contributed by atoms with Gasteiger partial charge in [0.25, 0.3) is 0 Å². The summed E-state index contributed by atoms with van der Waals surface area (Å²) in [5.74, 6) is 0. The van der Waals surface area contributed by atoms with Crippen LogP contribution in [0, 0.1) is 0 Å². The summed E-state index contributed by atoms with van der Waals surface area (Å²) in [6.45, 7) is 2.25. The molecule has 0 spiro atoms. The SMILES string of the molecule is CCCCCCc1sccc1Br. The highest BCUT2D eigenvalue weighted by molar-refractivity contribution is 9.10. The van der Waals surface area contributed by atoms with E-state index in [9.17, 15) is 0 Å². The molecule has 0 radical (unpaired) electrons. The van der Waals surface area contributed by atoms with Crippen molar-refractivity contribution >= 4 is 27.3 Å². The Kier molecular flexibility index (Phi) is 4.93. The topological polar surface area (TPSA) is 0 Å². The van der Waals surface area contributed by atoms with Gasteiger partial charge in [-0.05, 0) is 40.2 Å². The predicted molar refractivity (Wildman–Crippen MR) is 59.9 cm³/mol. The van der Waals surface area contributed by atoms with Crippen LogP contribution in [0.3, 0.4) is 0 Å². The monoisotopic (exact) mass is 246 g/mol. The van der Waals surface area contributed by atoms with Crippen LogP contribution in [-0.2, 0) is 6.42 Å². The van der Waals surface area contributed by atoms with Gasteiger partial charge < -0.3 is 0 Å². The molecule has 0 saturated carbocycles. The summed E-state index contributed by atoms with van der Waals surface area (Å²) in [4.78, 5) is 1.51. The molecule has 0 N–H and O–H groups in total. The zero-order chi connectivity index (χ0) is 8.81. The van der Waals surface area contributed by atoms with Gasteiger partial charge in [-0.2, -0.15) is 0 Å². The molecule has 1 heterocycles. The molecule has 0 atom stereocenters. The van der Waals surface area contributed by atoms with Gasteiger partial charge in [-0.3, -0.25) is 0 Å². The number of hydrogen-bond donors (Lipinski definition) is 0. The minimum absolute atomic E-state index is 1.25. The zero-order valence-electron chi connectivity index (χ0n) is 7.48. The molecular weight excluding hydrogens is 232 g/mol. The van der Waals surface area contributed by atoms with Crippen molar-refractivity contribution in [3.63, 3.8) is 0 Å². The van der Waals surface area contributed by atoms with Gasteiger partial charge in [0.05, 0.1) is 0 Å². The summed E-state index contributed by atoms with van der Waals surface area (Å²) >= 11 is 5.41. The van der Waals surface area contributed by atoms with Crippen LogP contribution < -0.4 is 0 Å². The van der Waals surface area contributed by atoms with Gasteiger partial charge in [-0.15, -0.1) is 11.3 Å². The van der Waals surface area contributed by atoms with E-state index in [-0.39, 0.29) is 0 Å². The van der Waals surface area contributed by atoms with E-state index in [4.69, 9.17) is 0 Å². The fourth-order valence-electron chi connectivity index (χ4n) is 1.22. The molecule has 1 aromatic heterocycles. The molecule has 2 heteroatoms. The van der Waals surface area contributed by atoms with Crippen molar-refractivity contribution in [2.45, 2.75) is 39.0 Å². The maximum absolute atomic E-state index is 3.55. The second-order valence-corrected chi connectivity index (χ2v) is 4.86. The maximum atomic E-state index is 3.55. The summed E-state index contributed by atoms with van der Waals surface area (Å²) in [7, 11) is 0. The molecule has 0 fully saturated rings. The summed E-state index contributed by atoms with van der Waals surface area (Å²) in [6.07, 6.45) is 6.67. The number of unbranched alkanes of at least 4 members (excludes halogenated alkanes) is 3. The van der Waals surface area contributed by atoms with Crippen LogP contribution in [0.4, 0.5) is 0 Å². The number of aryl methyl sites for hydroxylation is 1. The first-order chi connectivity index (χ1) is 5.84. The fraction of sp³-hybridized carbons (Fsp3) is 0.600. The van der Waals surface area contributed by atoms with Gasteiger partial charge in [0.15, 0.2) is 0 Å². The number of rotatable bonds is 5. The second-order valence-electron chi connectivity index (χ2n) is 3.00. The van der Waals surface area contributed by atoms with E-state index >= 15 is 0 Å². The normalized spacial score (nSPS) is 10.5. The molecule has 0 aliphatic heterocycles. The lowest BCUT2D eigenvalue weighted by atomic mass is 10.1. The molecule has 0 saturated heterocycles. The maximum Gasteiger partial charge on any atom is 0.0314 e. The Hall–Kier alpha value is 0.180. The van der Waals surface area contributed by atoms with Crippen LogP contribution in [0.2, 0.25) is 0 Å². The molecule has 0 aliphatic carbocycles. The number of hydrogen-bond acceptors (Lipinski definition) is 1. The smallest absolute Gasteiger partial charge is 0.0314 e. The summed E-state index contributed by atoms with van der Waals surface area (Å²) < 4.78 is 1.30. The Balaban J connectivity index is 2.20. The average Bonchev–Trinajstić information content (AvgIpc) is 2.46. The van der Waals surface area contributed by atoms with Crippen molar-refractivity contribution in [3.8, 4) is 0 Å². The van der Waals surface area contributed by atoms with Gasteiger partial charge in [-0.1, -0.05) is 26.2 Å². The Morgan fingerprint density at radius 3 is 2.75 bits per heavy atom. The van der Waals surface area contributed by atoms with Crippen molar-refractivity contribution in [2.24, 2.45) is 0 Å². The highest BCUT2D eigenvalue weighted by Crippen LogP contribution is 2.24. The van der Waals surface area contributed by atoms with E-state index in [1.54, 1.807) is 0 Å². The lowest BCUT2D eigenvalue weighted by Gasteiger charge is -1.97. The van der Waals surface area contributed by atoms with Crippen LogP contribution in [-0.4, -0.2) is 0 Å². The first-order valence-electron chi connectivity index (χ1n) is 4.56. The fourth-order valence-corrected chi connectivity index (χ4v) is 2.81. The molecule has 0 bridgehead atoms. The van der Waals surface area contributed by atoms with Crippen LogP contribution in [0.15, 0.2) is 15.9 Å². The third-order valence-corrected chi connectivity index (χ3v) is 3.93. The third kappa shape index (κ3) is 3.28. The number of thiophene rings is 1. The minimum Gasteiger partial charge on any atom is -0.148 e. The van der Waals surface area contributed by atoms with Crippen molar-refractivity contribution in [1.82, 2.24) is 0 Å².